The number of non-ortho nitro benzene ring substituents is 1. The van der Waals surface area contributed by atoms with Gasteiger partial charge in [0, 0.05) is 68.7 Å². The first-order valence-electron chi connectivity index (χ1n) is 14.0. The molecule has 10 heteroatoms. The first-order chi connectivity index (χ1) is 20.9. The third-order valence-electron chi connectivity index (χ3n) is 7.15. The maximum Gasteiger partial charge on any atom is 0.269 e. The van der Waals surface area contributed by atoms with Crippen molar-refractivity contribution in [2.45, 2.75) is 19.4 Å². The maximum absolute atomic E-state index is 13.8. The number of nitro benzene ring substituents is 1. The van der Waals surface area contributed by atoms with E-state index in [9.17, 15) is 19.7 Å². The maximum atomic E-state index is 13.8. The molecule has 43 heavy (non-hydrogen) atoms. The molecule has 0 aliphatic carbocycles. The van der Waals surface area contributed by atoms with Crippen LogP contribution in [0.1, 0.15) is 23.1 Å². The number of fused-ring (bicyclic) bond motifs is 1. The molecule has 4 aromatic rings. The first-order valence-corrected chi connectivity index (χ1v) is 14.0. The fourth-order valence-electron chi connectivity index (χ4n) is 4.75. The third kappa shape index (κ3) is 8.76. The monoisotopic (exact) mass is 584 g/mol. The lowest BCUT2D eigenvalue weighted by atomic mass is 10.1. The topological polar surface area (TPSA) is 118 Å². The van der Waals surface area contributed by atoms with Crippen molar-refractivity contribution in [1.82, 2.24) is 14.8 Å². The van der Waals surface area contributed by atoms with Crippen molar-refractivity contribution in [3.63, 3.8) is 0 Å². The molecule has 0 aliphatic heterocycles. The molecule has 0 fully saturated rings. The number of methoxy groups -OCH3 is 2. The minimum atomic E-state index is -0.474. The summed E-state index contributed by atoms with van der Waals surface area (Å²) in [5.41, 5.74) is 3.72. The summed E-state index contributed by atoms with van der Waals surface area (Å²) in [7, 11) is 3.20. The number of benzene rings is 3. The highest BCUT2D eigenvalue weighted by atomic mass is 16.6. The van der Waals surface area contributed by atoms with Crippen LogP contribution in [0.2, 0.25) is 0 Å². The van der Waals surface area contributed by atoms with E-state index in [0.717, 1.165) is 27.8 Å². The number of aromatic nitrogens is 1. The average molecular weight is 585 g/mol. The van der Waals surface area contributed by atoms with Gasteiger partial charge >= 0.3 is 0 Å². The van der Waals surface area contributed by atoms with Gasteiger partial charge in [-0.05, 0) is 65.9 Å². The summed E-state index contributed by atoms with van der Waals surface area (Å²) >= 11 is 0. The van der Waals surface area contributed by atoms with Crippen molar-refractivity contribution in [2.75, 3.05) is 40.5 Å². The summed E-state index contributed by atoms with van der Waals surface area (Å²) in [6.45, 7) is 1.52. The van der Waals surface area contributed by atoms with Crippen LogP contribution in [-0.2, 0) is 27.3 Å². The lowest BCUT2D eigenvalue weighted by Gasteiger charge is -2.27. The molecule has 2 amide bonds. The predicted molar refractivity (Wildman–Crippen MR) is 166 cm³/mol. The number of nitro groups is 1. The molecule has 10 nitrogen and oxygen atoms in total. The van der Waals surface area contributed by atoms with E-state index in [1.54, 1.807) is 37.3 Å². The van der Waals surface area contributed by atoms with E-state index >= 15 is 0 Å². The van der Waals surface area contributed by atoms with Gasteiger partial charge in [-0.1, -0.05) is 30.3 Å². The van der Waals surface area contributed by atoms with Crippen LogP contribution in [0.15, 0.2) is 85.1 Å². The molecule has 0 radical (unpaired) electrons. The minimum Gasteiger partial charge on any atom is -0.497 e. The van der Waals surface area contributed by atoms with Crippen molar-refractivity contribution in [2.24, 2.45) is 0 Å². The van der Waals surface area contributed by atoms with Crippen LogP contribution in [0.25, 0.3) is 17.0 Å². The SMILES string of the molecule is COCCCN(CC(=O)N(CCc1c[nH]c2ccccc12)Cc1ccc(OC)cc1)C(=O)/C=C/c1ccc([N+](=O)[O-])cc1. The van der Waals surface area contributed by atoms with Crippen LogP contribution in [0.5, 0.6) is 5.75 Å². The van der Waals surface area contributed by atoms with Gasteiger partial charge in [-0.3, -0.25) is 19.7 Å². The first kappa shape index (κ1) is 31.0. The standard InChI is InChI=1S/C33H36N4O6/c1-42-21-5-19-35(32(38)17-12-25-8-13-28(14-9-25)37(40)41)24-33(39)36(23-26-10-15-29(43-2)16-11-26)20-18-27-22-34-31-7-4-3-6-30(27)31/h3-4,6-17,22,34H,5,18-21,23-24H2,1-2H3/b17-12+. The van der Waals surface area contributed by atoms with Crippen LogP contribution in [0, 0.1) is 10.1 Å². The summed E-state index contributed by atoms with van der Waals surface area (Å²) in [4.78, 5) is 44.1. The number of ether oxygens (including phenoxy) is 2. The number of H-pyrrole nitrogens is 1. The molecule has 3 aromatic carbocycles. The fourth-order valence-corrected chi connectivity index (χ4v) is 4.75. The van der Waals surface area contributed by atoms with E-state index in [4.69, 9.17) is 9.47 Å². The number of carbonyl (C=O) groups is 2. The highest BCUT2D eigenvalue weighted by Gasteiger charge is 2.21. The van der Waals surface area contributed by atoms with E-state index < -0.39 is 4.92 Å². The quantitative estimate of drug-likeness (QED) is 0.0885. The molecule has 0 saturated heterocycles. The summed E-state index contributed by atoms with van der Waals surface area (Å²) in [5, 5.41) is 12.1. The predicted octanol–water partition coefficient (Wildman–Crippen LogP) is 5.23. The molecule has 0 atom stereocenters. The van der Waals surface area contributed by atoms with Gasteiger partial charge in [-0.2, -0.15) is 0 Å². The molecule has 4 rings (SSSR count). The molecule has 1 heterocycles. The van der Waals surface area contributed by atoms with Crippen molar-refractivity contribution in [1.29, 1.82) is 0 Å². The molecule has 1 N–H and O–H groups in total. The Balaban J connectivity index is 1.51. The summed E-state index contributed by atoms with van der Waals surface area (Å²) in [5.74, 6) is 0.226. The largest absolute Gasteiger partial charge is 0.497 e. The van der Waals surface area contributed by atoms with Gasteiger partial charge in [0.25, 0.3) is 5.69 Å². The Morgan fingerprint density at radius 2 is 1.70 bits per heavy atom. The zero-order valence-electron chi connectivity index (χ0n) is 24.4. The number of amides is 2. The Morgan fingerprint density at radius 1 is 0.953 bits per heavy atom. The molecule has 0 unspecified atom stereocenters. The average Bonchev–Trinajstić information content (AvgIpc) is 3.45. The van der Waals surface area contributed by atoms with Crippen molar-refractivity contribution in [3.05, 3.63) is 112 Å². The lowest BCUT2D eigenvalue weighted by molar-refractivity contribution is -0.384. The second-order valence-corrected chi connectivity index (χ2v) is 10.1. The van der Waals surface area contributed by atoms with Crippen LogP contribution < -0.4 is 4.74 Å². The summed E-state index contributed by atoms with van der Waals surface area (Å²) in [6, 6.07) is 21.6. The van der Waals surface area contributed by atoms with Crippen LogP contribution >= 0.6 is 0 Å². The second kappa shape index (κ2) is 15.3. The van der Waals surface area contributed by atoms with E-state index in [2.05, 4.69) is 11.1 Å². The number of nitrogens with one attached hydrogen (secondary N) is 1. The van der Waals surface area contributed by atoms with Crippen LogP contribution in [-0.4, -0.2) is 72.0 Å². The van der Waals surface area contributed by atoms with Crippen molar-refractivity contribution >= 4 is 34.5 Å². The molecular weight excluding hydrogens is 548 g/mol. The van der Waals surface area contributed by atoms with Crippen molar-refractivity contribution < 1.29 is 24.0 Å². The Bertz CT molecular complexity index is 1550. The highest BCUT2D eigenvalue weighted by Crippen LogP contribution is 2.20. The highest BCUT2D eigenvalue weighted by molar-refractivity contribution is 5.94. The minimum absolute atomic E-state index is 0.0279. The number of hydrogen-bond donors (Lipinski definition) is 1. The van der Waals surface area contributed by atoms with Gasteiger partial charge in [0.15, 0.2) is 0 Å². The number of nitrogens with zero attached hydrogens (tertiary/aromatic N) is 3. The van der Waals surface area contributed by atoms with Gasteiger partial charge in [0.1, 0.15) is 12.3 Å². The van der Waals surface area contributed by atoms with Crippen LogP contribution in [0.4, 0.5) is 5.69 Å². The smallest absolute Gasteiger partial charge is 0.269 e. The van der Waals surface area contributed by atoms with Gasteiger partial charge in [0.05, 0.1) is 12.0 Å². The molecule has 224 valence electrons. The summed E-state index contributed by atoms with van der Waals surface area (Å²) < 4.78 is 10.5. The number of carbonyl (C=O) groups excluding carboxylic acids is 2. The van der Waals surface area contributed by atoms with Gasteiger partial charge in [-0.15, -0.1) is 0 Å². The van der Waals surface area contributed by atoms with E-state index in [1.807, 2.05) is 48.7 Å². The van der Waals surface area contributed by atoms with Crippen molar-refractivity contribution in [3.8, 4) is 5.75 Å². The number of para-hydroxylation sites is 1. The number of hydrogen-bond acceptors (Lipinski definition) is 6. The summed E-state index contributed by atoms with van der Waals surface area (Å²) in [6.07, 6.45) is 6.16. The Hall–Kier alpha value is -4.96. The number of rotatable bonds is 15. The van der Waals surface area contributed by atoms with E-state index in [-0.39, 0.29) is 24.0 Å². The zero-order valence-corrected chi connectivity index (χ0v) is 24.4. The fraction of sp³-hybridized carbons (Fsp3) is 0.273. The Labute approximate surface area is 250 Å². The normalized spacial score (nSPS) is 11.1. The Morgan fingerprint density at radius 3 is 2.40 bits per heavy atom. The molecule has 0 aliphatic rings. The van der Waals surface area contributed by atoms with Crippen LogP contribution in [0.3, 0.4) is 0 Å². The van der Waals surface area contributed by atoms with E-state index in [0.29, 0.717) is 44.6 Å². The van der Waals surface area contributed by atoms with Gasteiger partial charge in [0.2, 0.25) is 11.8 Å². The van der Waals surface area contributed by atoms with Gasteiger partial charge < -0.3 is 24.3 Å². The zero-order chi connectivity index (χ0) is 30.6. The molecule has 0 spiro atoms. The Kier molecular flexibility index (Phi) is 11.0. The third-order valence-corrected chi connectivity index (χ3v) is 7.15. The van der Waals surface area contributed by atoms with Gasteiger partial charge in [-0.25, -0.2) is 0 Å². The molecule has 0 saturated carbocycles. The second-order valence-electron chi connectivity index (χ2n) is 10.1. The van der Waals surface area contributed by atoms with E-state index in [1.165, 1.54) is 23.1 Å². The molecule has 0 bridgehead atoms. The molecule has 1 aromatic heterocycles. The lowest BCUT2D eigenvalue weighted by Crippen LogP contribution is -2.43. The number of aromatic amines is 1. The molecular formula is C33H36N4O6.